The molecule has 2 rings (SSSR count). The summed E-state index contributed by atoms with van der Waals surface area (Å²) < 4.78 is 0. The topological polar surface area (TPSA) is 62.7 Å². The van der Waals surface area contributed by atoms with Gasteiger partial charge in [0.1, 0.15) is 5.82 Å². The molecule has 2 N–H and O–H groups in total. The highest BCUT2D eigenvalue weighted by molar-refractivity contribution is 5.92. The Balaban J connectivity index is 2.83. The van der Waals surface area contributed by atoms with Gasteiger partial charge in [-0.1, -0.05) is 0 Å². The van der Waals surface area contributed by atoms with Crippen LogP contribution in [0.4, 0.5) is 5.82 Å². The number of nitriles is 1. The van der Waals surface area contributed by atoms with E-state index in [0.29, 0.717) is 11.4 Å². The van der Waals surface area contributed by atoms with Crippen LogP contribution in [0.1, 0.15) is 11.3 Å². The van der Waals surface area contributed by atoms with Gasteiger partial charge in [0.15, 0.2) is 0 Å². The van der Waals surface area contributed by atoms with Crippen molar-refractivity contribution in [3.8, 4) is 6.07 Å². The third-order valence-electron chi connectivity index (χ3n) is 2.12. The van der Waals surface area contributed by atoms with Gasteiger partial charge in [0.25, 0.3) is 0 Å². The predicted octanol–water partition coefficient (Wildman–Crippen LogP) is 2.00. The maximum Gasteiger partial charge on any atom is 0.131 e. The molecule has 0 radical (unpaired) electrons. The van der Waals surface area contributed by atoms with E-state index in [9.17, 15) is 0 Å². The molecule has 3 nitrogen and oxygen atoms in total. The largest absolute Gasteiger partial charge is 0.383 e. The first-order chi connectivity index (χ1) is 6.70. The van der Waals surface area contributed by atoms with Crippen LogP contribution in [-0.4, -0.2) is 4.98 Å². The van der Waals surface area contributed by atoms with Crippen molar-refractivity contribution in [2.24, 2.45) is 0 Å². The number of aromatic nitrogens is 1. The molecule has 0 bridgehead atoms. The molecule has 2 aromatic rings. The summed E-state index contributed by atoms with van der Waals surface area (Å²) in [4.78, 5) is 4.15. The average Bonchev–Trinajstić information content (AvgIpc) is 2.16. The van der Waals surface area contributed by atoms with Gasteiger partial charge in [-0.25, -0.2) is 4.98 Å². The van der Waals surface area contributed by atoms with Crippen molar-refractivity contribution in [1.29, 1.82) is 5.26 Å². The monoisotopic (exact) mass is 183 g/mol. The highest BCUT2D eigenvalue weighted by Gasteiger charge is 2.01. The Labute approximate surface area is 81.8 Å². The van der Waals surface area contributed by atoms with Gasteiger partial charge < -0.3 is 5.73 Å². The van der Waals surface area contributed by atoms with E-state index in [0.717, 1.165) is 16.5 Å². The van der Waals surface area contributed by atoms with Crippen molar-refractivity contribution >= 4 is 16.6 Å². The number of rotatable bonds is 0. The summed E-state index contributed by atoms with van der Waals surface area (Å²) in [5.41, 5.74) is 7.26. The van der Waals surface area contributed by atoms with Gasteiger partial charge in [-0.2, -0.15) is 5.26 Å². The first-order valence-electron chi connectivity index (χ1n) is 4.27. The first kappa shape index (κ1) is 8.52. The van der Waals surface area contributed by atoms with E-state index < -0.39 is 0 Å². The Kier molecular flexibility index (Phi) is 1.83. The van der Waals surface area contributed by atoms with E-state index in [1.165, 1.54) is 0 Å². The molecule has 1 aromatic heterocycles. The summed E-state index contributed by atoms with van der Waals surface area (Å²) in [6, 6.07) is 9.41. The van der Waals surface area contributed by atoms with E-state index in [-0.39, 0.29) is 0 Å². The Hall–Kier alpha value is -2.08. The molecule has 0 aliphatic heterocycles. The number of pyridine rings is 1. The molecule has 68 valence electrons. The van der Waals surface area contributed by atoms with Crippen LogP contribution in [0.3, 0.4) is 0 Å². The quantitative estimate of drug-likeness (QED) is 0.679. The number of nitrogen functional groups attached to an aromatic ring is 1. The fourth-order valence-corrected chi connectivity index (χ4v) is 1.49. The molecule has 0 atom stereocenters. The molecular formula is C11H9N3. The smallest absolute Gasteiger partial charge is 0.131 e. The zero-order valence-electron chi connectivity index (χ0n) is 7.78. The van der Waals surface area contributed by atoms with Crippen molar-refractivity contribution < 1.29 is 0 Å². The predicted molar refractivity (Wildman–Crippen MR) is 55.6 cm³/mol. The van der Waals surface area contributed by atoms with E-state index in [1.807, 2.05) is 25.1 Å². The minimum atomic E-state index is 0.518. The Morgan fingerprint density at radius 1 is 1.36 bits per heavy atom. The fourth-order valence-electron chi connectivity index (χ4n) is 1.49. The third kappa shape index (κ3) is 1.27. The lowest BCUT2D eigenvalue weighted by atomic mass is 10.1. The van der Waals surface area contributed by atoms with Crippen molar-refractivity contribution in [2.45, 2.75) is 6.92 Å². The van der Waals surface area contributed by atoms with Crippen LogP contribution in [0.5, 0.6) is 0 Å². The zero-order chi connectivity index (χ0) is 10.1. The maximum atomic E-state index is 8.74. The summed E-state index contributed by atoms with van der Waals surface area (Å²) in [5.74, 6) is 0.518. The lowest BCUT2D eigenvalue weighted by Crippen LogP contribution is -1.93. The van der Waals surface area contributed by atoms with Crippen LogP contribution < -0.4 is 5.73 Å². The minimum absolute atomic E-state index is 0.518. The second-order valence-corrected chi connectivity index (χ2v) is 3.20. The van der Waals surface area contributed by atoms with Crippen LogP contribution in [0.15, 0.2) is 24.3 Å². The molecule has 1 heterocycles. The second-order valence-electron chi connectivity index (χ2n) is 3.20. The minimum Gasteiger partial charge on any atom is -0.383 e. The SMILES string of the molecule is Cc1cc2cc(C#N)ccc2c(N)n1. The molecule has 0 saturated heterocycles. The molecule has 0 amide bonds. The van der Waals surface area contributed by atoms with Crippen molar-refractivity contribution in [1.82, 2.24) is 4.98 Å². The van der Waals surface area contributed by atoms with E-state index in [4.69, 9.17) is 11.0 Å². The molecule has 0 fully saturated rings. The molecule has 0 aliphatic rings. The van der Waals surface area contributed by atoms with Gasteiger partial charge in [0.05, 0.1) is 11.6 Å². The zero-order valence-corrected chi connectivity index (χ0v) is 7.78. The molecule has 14 heavy (non-hydrogen) atoms. The second kappa shape index (κ2) is 3.00. The number of nitrogens with two attached hydrogens (primary N) is 1. The van der Waals surface area contributed by atoms with Gasteiger partial charge in [-0.3, -0.25) is 0 Å². The van der Waals surface area contributed by atoms with Gasteiger partial charge in [0, 0.05) is 11.1 Å². The Bertz CT molecular complexity index is 538. The summed E-state index contributed by atoms with van der Waals surface area (Å²) >= 11 is 0. The number of nitrogens with zero attached hydrogens (tertiary/aromatic N) is 2. The number of anilines is 1. The number of fused-ring (bicyclic) bond motifs is 1. The standard InChI is InChI=1S/C11H9N3/c1-7-4-9-5-8(6-12)2-3-10(9)11(13)14-7/h2-5H,1H3,(H2,13,14). The summed E-state index contributed by atoms with van der Waals surface area (Å²) in [7, 11) is 0. The van der Waals surface area contributed by atoms with Gasteiger partial charge in [0.2, 0.25) is 0 Å². The van der Waals surface area contributed by atoms with Gasteiger partial charge >= 0.3 is 0 Å². The molecular weight excluding hydrogens is 174 g/mol. The Morgan fingerprint density at radius 3 is 2.86 bits per heavy atom. The molecule has 0 aliphatic carbocycles. The van der Waals surface area contributed by atoms with E-state index in [2.05, 4.69) is 11.1 Å². The summed E-state index contributed by atoms with van der Waals surface area (Å²) in [6.45, 7) is 1.88. The first-order valence-corrected chi connectivity index (χ1v) is 4.27. The molecule has 0 spiro atoms. The molecule has 0 unspecified atom stereocenters. The number of hydrogen-bond acceptors (Lipinski definition) is 3. The molecule has 0 saturated carbocycles. The van der Waals surface area contributed by atoms with Crippen LogP contribution in [0.2, 0.25) is 0 Å². The number of aryl methyl sites for hydroxylation is 1. The summed E-state index contributed by atoms with van der Waals surface area (Å²) in [5, 5.41) is 10.6. The van der Waals surface area contributed by atoms with E-state index in [1.54, 1.807) is 6.07 Å². The maximum absolute atomic E-state index is 8.74. The van der Waals surface area contributed by atoms with Crippen molar-refractivity contribution in [2.75, 3.05) is 5.73 Å². The van der Waals surface area contributed by atoms with Crippen molar-refractivity contribution in [3.63, 3.8) is 0 Å². The lowest BCUT2D eigenvalue weighted by molar-refractivity contribution is 1.23. The summed E-state index contributed by atoms with van der Waals surface area (Å²) in [6.07, 6.45) is 0. The van der Waals surface area contributed by atoms with Crippen LogP contribution in [-0.2, 0) is 0 Å². The highest BCUT2D eigenvalue weighted by atomic mass is 14.8. The third-order valence-corrected chi connectivity index (χ3v) is 2.12. The normalized spacial score (nSPS) is 10.0. The van der Waals surface area contributed by atoms with Crippen molar-refractivity contribution in [3.05, 3.63) is 35.5 Å². The number of benzene rings is 1. The molecule has 1 aromatic carbocycles. The van der Waals surface area contributed by atoms with Crippen LogP contribution in [0.25, 0.3) is 10.8 Å². The number of hydrogen-bond donors (Lipinski definition) is 1. The fraction of sp³-hybridized carbons (Fsp3) is 0.0909. The Morgan fingerprint density at radius 2 is 2.14 bits per heavy atom. The van der Waals surface area contributed by atoms with Crippen LogP contribution >= 0.6 is 0 Å². The average molecular weight is 183 g/mol. The molecule has 3 heteroatoms. The van der Waals surface area contributed by atoms with Gasteiger partial charge in [-0.05, 0) is 36.6 Å². The lowest BCUT2D eigenvalue weighted by Gasteiger charge is -2.02. The van der Waals surface area contributed by atoms with Gasteiger partial charge in [-0.15, -0.1) is 0 Å². The van der Waals surface area contributed by atoms with E-state index >= 15 is 0 Å². The van der Waals surface area contributed by atoms with Crippen LogP contribution in [0, 0.1) is 18.3 Å². The highest BCUT2D eigenvalue weighted by Crippen LogP contribution is 2.21.